The maximum absolute atomic E-state index is 13.7. The number of aromatic nitrogens is 5. The van der Waals surface area contributed by atoms with Gasteiger partial charge in [-0.3, -0.25) is 9.69 Å². The number of pyridine rings is 1. The van der Waals surface area contributed by atoms with Gasteiger partial charge in [0.15, 0.2) is 5.82 Å². The van der Waals surface area contributed by atoms with Gasteiger partial charge in [-0.2, -0.15) is 0 Å². The number of piperidine rings is 1. The molecule has 3 aromatic rings. The Hall–Kier alpha value is -2.74. The predicted octanol–water partition coefficient (Wildman–Crippen LogP) is 5.16. The lowest BCUT2D eigenvalue weighted by atomic mass is 9.69. The van der Waals surface area contributed by atoms with Crippen LogP contribution < -0.4 is 10.3 Å². The molecule has 3 aliphatic rings. The third-order valence-corrected chi connectivity index (χ3v) is 9.03. The molecule has 1 aromatic carbocycles. The second-order valence-electron chi connectivity index (χ2n) is 11.3. The van der Waals surface area contributed by atoms with Gasteiger partial charge in [0.05, 0.1) is 18.7 Å². The lowest BCUT2D eigenvalue weighted by molar-refractivity contribution is 0.0332. The lowest BCUT2D eigenvalue weighted by Gasteiger charge is -2.47. The summed E-state index contributed by atoms with van der Waals surface area (Å²) in [5, 5.41) is 14.3. The fraction of sp³-hybridized carbons (Fsp3) is 0.643. The van der Waals surface area contributed by atoms with E-state index in [4.69, 9.17) is 4.74 Å². The number of hydrogen-bond donors (Lipinski definition) is 1. The summed E-state index contributed by atoms with van der Waals surface area (Å²) in [5.74, 6) is 1.56. The molecule has 0 radical (unpaired) electrons. The van der Waals surface area contributed by atoms with E-state index in [9.17, 15) is 4.79 Å². The van der Waals surface area contributed by atoms with Crippen molar-refractivity contribution in [3.63, 3.8) is 0 Å². The summed E-state index contributed by atoms with van der Waals surface area (Å²) < 4.78 is 7.44. The van der Waals surface area contributed by atoms with Crippen LogP contribution in [-0.2, 0) is 0 Å². The molecule has 2 saturated carbocycles. The predicted molar refractivity (Wildman–Crippen MR) is 139 cm³/mol. The Kier molecular flexibility index (Phi) is 6.54. The van der Waals surface area contributed by atoms with Gasteiger partial charge in [0, 0.05) is 18.2 Å². The van der Waals surface area contributed by atoms with Crippen molar-refractivity contribution in [2.75, 3.05) is 20.2 Å². The van der Waals surface area contributed by atoms with Crippen molar-refractivity contribution in [1.82, 2.24) is 30.1 Å². The molecule has 1 N–H and O–H groups in total. The molecule has 3 fully saturated rings. The zero-order chi connectivity index (χ0) is 24.5. The lowest BCUT2D eigenvalue weighted by Crippen LogP contribution is -2.47. The first-order valence-corrected chi connectivity index (χ1v) is 13.9. The molecule has 1 spiro atoms. The molecule has 8 nitrogen and oxygen atoms in total. The molecule has 3 heterocycles. The standard InChI is InChI=1S/C28H38N6O2/c1-36-22-12-11-20-17-23(27(35)29-24(20)18-22)25(26-30-31-32-34(26)21-9-4-2-5-10-21)33-16-8-15-28(19-33)13-6-3-7-14-28/h11-12,17-18,21,25H,2-10,13-16,19H2,1H3,(H,29,35). The molecule has 0 bridgehead atoms. The molecule has 8 heteroatoms. The van der Waals surface area contributed by atoms with Gasteiger partial charge >= 0.3 is 0 Å². The Labute approximate surface area is 212 Å². The minimum atomic E-state index is -0.253. The van der Waals surface area contributed by atoms with Gasteiger partial charge in [-0.05, 0) is 84.5 Å². The van der Waals surface area contributed by atoms with E-state index in [1.54, 1.807) is 7.11 Å². The van der Waals surface area contributed by atoms with E-state index >= 15 is 0 Å². The fourth-order valence-corrected chi connectivity index (χ4v) is 7.17. The van der Waals surface area contributed by atoms with Crippen LogP contribution in [0.5, 0.6) is 5.75 Å². The number of likely N-dealkylation sites (tertiary alicyclic amines) is 1. The van der Waals surface area contributed by atoms with Crippen LogP contribution in [0.4, 0.5) is 0 Å². The number of benzene rings is 1. The molecule has 36 heavy (non-hydrogen) atoms. The molecule has 1 atom stereocenters. The van der Waals surface area contributed by atoms with Crippen LogP contribution in [0, 0.1) is 5.41 Å². The van der Waals surface area contributed by atoms with Gasteiger partial charge in [0.2, 0.25) is 0 Å². The van der Waals surface area contributed by atoms with Crippen molar-refractivity contribution in [3.8, 4) is 5.75 Å². The number of nitrogens with one attached hydrogen (secondary N) is 1. The second kappa shape index (κ2) is 9.96. The number of aromatic amines is 1. The van der Waals surface area contributed by atoms with Crippen molar-refractivity contribution in [1.29, 1.82) is 0 Å². The topological polar surface area (TPSA) is 88.9 Å². The highest BCUT2D eigenvalue weighted by Gasteiger charge is 2.41. The van der Waals surface area contributed by atoms with Gasteiger partial charge in [-0.1, -0.05) is 38.5 Å². The Bertz CT molecular complexity index is 1250. The van der Waals surface area contributed by atoms with E-state index in [0.717, 1.165) is 60.4 Å². The van der Waals surface area contributed by atoms with Crippen molar-refractivity contribution in [2.24, 2.45) is 5.41 Å². The largest absolute Gasteiger partial charge is 0.497 e. The normalized spacial score (nSPS) is 22.1. The number of tetrazole rings is 1. The van der Waals surface area contributed by atoms with Crippen molar-refractivity contribution in [3.05, 3.63) is 46.0 Å². The first kappa shape index (κ1) is 23.6. The van der Waals surface area contributed by atoms with E-state index in [1.165, 1.54) is 57.8 Å². The number of rotatable bonds is 5. The summed E-state index contributed by atoms with van der Waals surface area (Å²) in [5.41, 5.74) is 1.82. The summed E-state index contributed by atoms with van der Waals surface area (Å²) in [6, 6.07) is 7.97. The number of ether oxygens (including phenoxy) is 1. The second-order valence-corrected chi connectivity index (χ2v) is 11.3. The smallest absolute Gasteiger partial charge is 0.253 e. The SMILES string of the molecule is COc1ccc2cc(C(c3nnnn3C3CCCCC3)N3CCCC4(CCCCC4)C3)c(=O)[nH]c2c1. The third kappa shape index (κ3) is 4.44. The Morgan fingerprint density at radius 1 is 1.03 bits per heavy atom. The van der Waals surface area contributed by atoms with Crippen LogP contribution in [0.25, 0.3) is 10.9 Å². The fourth-order valence-electron chi connectivity index (χ4n) is 7.17. The maximum Gasteiger partial charge on any atom is 0.253 e. The zero-order valence-corrected chi connectivity index (χ0v) is 21.4. The monoisotopic (exact) mass is 490 g/mol. The summed E-state index contributed by atoms with van der Waals surface area (Å²) in [4.78, 5) is 19.3. The van der Waals surface area contributed by atoms with Crippen molar-refractivity contribution < 1.29 is 4.74 Å². The average Bonchev–Trinajstić information content (AvgIpc) is 3.39. The summed E-state index contributed by atoms with van der Waals surface area (Å²) >= 11 is 0. The molecule has 1 aliphatic heterocycles. The highest BCUT2D eigenvalue weighted by atomic mass is 16.5. The first-order valence-electron chi connectivity index (χ1n) is 13.9. The van der Waals surface area contributed by atoms with Gasteiger partial charge in [0.25, 0.3) is 5.56 Å². The number of fused-ring (bicyclic) bond motifs is 1. The van der Waals surface area contributed by atoms with Crippen molar-refractivity contribution >= 4 is 10.9 Å². The Morgan fingerprint density at radius 2 is 1.81 bits per heavy atom. The van der Waals surface area contributed by atoms with Gasteiger partial charge in [-0.15, -0.1) is 5.10 Å². The number of hydrogen-bond acceptors (Lipinski definition) is 6. The average molecular weight is 491 g/mol. The highest BCUT2D eigenvalue weighted by Crippen LogP contribution is 2.46. The molecule has 1 saturated heterocycles. The molecular formula is C28H38N6O2. The summed E-state index contributed by atoms with van der Waals surface area (Å²) in [6.45, 7) is 1.97. The van der Waals surface area contributed by atoms with E-state index < -0.39 is 0 Å². The van der Waals surface area contributed by atoms with Gasteiger partial charge < -0.3 is 9.72 Å². The number of methoxy groups -OCH3 is 1. The van der Waals surface area contributed by atoms with Crippen LogP contribution in [0.2, 0.25) is 0 Å². The Morgan fingerprint density at radius 3 is 2.61 bits per heavy atom. The molecule has 1 unspecified atom stereocenters. The van der Waals surface area contributed by atoms with E-state index in [0.29, 0.717) is 11.5 Å². The molecule has 6 rings (SSSR count). The molecule has 2 aliphatic carbocycles. The third-order valence-electron chi connectivity index (χ3n) is 9.03. The maximum atomic E-state index is 13.7. The summed E-state index contributed by atoms with van der Waals surface area (Å²) in [7, 11) is 1.65. The van der Waals surface area contributed by atoms with E-state index in [1.807, 2.05) is 18.2 Å². The molecular weight excluding hydrogens is 452 g/mol. The van der Waals surface area contributed by atoms with Gasteiger partial charge in [-0.25, -0.2) is 4.68 Å². The quantitative estimate of drug-likeness (QED) is 0.531. The number of H-pyrrole nitrogens is 1. The minimum Gasteiger partial charge on any atom is -0.497 e. The molecule has 2 aromatic heterocycles. The Balaban J connectivity index is 1.45. The first-order chi connectivity index (χ1) is 17.7. The van der Waals surface area contributed by atoms with Crippen LogP contribution >= 0.6 is 0 Å². The zero-order valence-electron chi connectivity index (χ0n) is 21.4. The van der Waals surface area contributed by atoms with Gasteiger partial charge in [0.1, 0.15) is 11.8 Å². The van der Waals surface area contributed by atoms with E-state index in [-0.39, 0.29) is 11.6 Å². The van der Waals surface area contributed by atoms with Crippen LogP contribution in [0.15, 0.2) is 29.1 Å². The van der Waals surface area contributed by atoms with Crippen LogP contribution in [-0.4, -0.2) is 50.3 Å². The van der Waals surface area contributed by atoms with E-state index in [2.05, 4.69) is 36.2 Å². The molecule has 0 amide bonds. The molecule has 192 valence electrons. The summed E-state index contributed by atoms with van der Waals surface area (Å²) in [6.07, 6.45) is 14.9. The van der Waals surface area contributed by atoms with Crippen molar-refractivity contribution in [2.45, 2.75) is 89.1 Å². The minimum absolute atomic E-state index is 0.0674. The van der Waals surface area contributed by atoms with Crippen LogP contribution in [0.3, 0.4) is 0 Å². The number of nitrogens with zero attached hydrogens (tertiary/aromatic N) is 5. The highest BCUT2D eigenvalue weighted by molar-refractivity contribution is 5.80. The van der Waals surface area contributed by atoms with Crippen LogP contribution in [0.1, 0.15) is 101 Å².